The number of carbonyl (C=O) groups is 2. The maximum absolute atomic E-state index is 12.2. The van der Waals surface area contributed by atoms with Gasteiger partial charge in [0.05, 0.1) is 12.8 Å². The summed E-state index contributed by atoms with van der Waals surface area (Å²) < 4.78 is 5.42. The largest absolute Gasteiger partial charge is 0.496 e. The molecule has 1 heterocycles. The van der Waals surface area contributed by atoms with E-state index in [0.29, 0.717) is 18.7 Å². The van der Waals surface area contributed by atoms with E-state index in [0.717, 1.165) is 41.3 Å². The summed E-state index contributed by atoms with van der Waals surface area (Å²) >= 11 is 0. The Bertz CT molecular complexity index is 876. The summed E-state index contributed by atoms with van der Waals surface area (Å²) in [5, 5.41) is 6.26. The predicted octanol–water partition coefficient (Wildman–Crippen LogP) is 3.09. The van der Waals surface area contributed by atoms with Crippen LogP contribution >= 0.6 is 0 Å². The number of nitrogens with one attached hydrogen (secondary N) is 1. The van der Waals surface area contributed by atoms with Gasteiger partial charge in [0.25, 0.3) is 5.91 Å². The Hall–Kier alpha value is -2.89. The minimum Gasteiger partial charge on any atom is -0.496 e. The van der Waals surface area contributed by atoms with Crippen molar-refractivity contribution in [2.75, 3.05) is 20.2 Å². The summed E-state index contributed by atoms with van der Waals surface area (Å²) in [6.07, 6.45) is 3.40. The van der Waals surface area contributed by atoms with Crippen molar-refractivity contribution in [3.05, 3.63) is 42.0 Å². The number of fused-ring (bicyclic) bond motifs is 1. The van der Waals surface area contributed by atoms with Crippen LogP contribution in [0.15, 0.2) is 41.5 Å². The van der Waals surface area contributed by atoms with Crippen molar-refractivity contribution in [2.24, 2.45) is 5.10 Å². The first-order valence-electron chi connectivity index (χ1n) is 9.27. The van der Waals surface area contributed by atoms with Crippen LogP contribution in [-0.2, 0) is 9.59 Å². The lowest BCUT2D eigenvalue weighted by molar-refractivity contribution is -0.135. The zero-order valence-corrected chi connectivity index (χ0v) is 15.8. The first-order valence-corrected chi connectivity index (χ1v) is 9.27. The number of hydrogen-bond acceptors (Lipinski definition) is 4. The highest BCUT2D eigenvalue weighted by molar-refractivity contribution is 6.11. The molecule has 6 heteroatoms. The molecule has 6 nitrogen and oxygen atoms in total. The lowest BCUT2D eigenvalue weighted by Gasteiger charge is -2.19. The van der Waals surface area contributed by atoms with Crippen molar-refractivity contribution in [2.45, 2.75) is 32.6 Å². The summed E-state index contributed by atoms with van der Waals surface area (Å²) in [6.45, 7) is 2.54. The number of hydrogen-bond donors (Lipinski definition) is 1. The van der Waals surface area contributed by atoms with E-state index in [1.165, 1.54) is 0 Å². The number of carbonyl (C=O) groups excluding carboxylic acids is 2. The molecule has 1 aliphatic heterocycles. The predicted molar refractivity (Wildman–Crippen MR) is 106 cm³/mol. The average molecular weight is 367 g/mol. The van der Waals surface area contributed by atoms with Crippen LogP contribution in [0.1, 0.15) is 38.2 Å². The van der Waals surface area contributed by atoms with Gasteiger partial charge in [0.15, 0.2) is 0 Å². The van der Waals surface area contributed by atoms with Crippen LogP contribution in [0, 0.1) is 0 Å². The third kappa shape index (κ3) is 4.45. The van der Waals surface area contributed by atoms with Gasteiger partial charge in [-0.15, -0.1) is 0 Å². The van der Waals surface area contributed by atoms with Crippen LogP contribution in [0.25, 0.3) is 10.8 Å². The Labute approximate surface area is 159 Å². The number of likely N-dealkylation sites (tertiary alicyclic amines) is 1. The number of methoxy groups -OCH3 is 1. The van der Waals surface area contributed by atoms with Crippen molar-refractivity contribution in [3.8, 4) is 5.75 Å². The zero-order valence-electron chi connectivity index (χ0n) is 15.8. The third-order valence-corrected chi connectivity index (χ3v) is 4.85. The molecular formula is C21H25N3O3. The quantitative estimate of drug-likeness (QED) is 0.652. The van der Waals surface area contributed by atoms with Gasteiger partial charge in [-0.1, -0.05) is 30.7 Å². The SMILES string of the molecule is COc1ccc(/C(C)=N\NC(=O)CN2CCCCCC2=O)c2ccccc12. The number of benzene rings is 2. The lowest BCUT2D eigenvalue weighted by atomic mass is 10.0. The highest BCUT2D eigenvalue weighted by Gasteiger charge is 2.19. The van der Waals surface area contributed by atoms with E-state index < -0.39 is 0 Å². The molecule has 142 valence electrons. The molecule has 0 aliphatic carbocycles. The van der Waals surface area contributed by atoms with Gasteiger partial charge in [0.1, 0.15) is 12.3 Å². The molecular weight excluding hydrogens is 342 g/mol. The van der Waals surface area contributed by atoms with E-state index >= 15 is 0 Å². The zero-order chi connectivity index (χ0) is 19.2. The van der Waals surface area contributed by atoms with Crippen LogP contribution in [0.3, 0.4) is 0 Å². The molecule has 0 radical (unpaired) electrons. The summed E-state index contributed by atoms with van der Waals surface area (Å²) in [7, 11) is 1.65. The first kappa shape index (κ1) is 18.9. The van der Waals surface area contributed by atoms with Gasteiger partial charge in [0.2, 0.25) is 5.91 Å². The monoisotopic (exact) mass is 367 g/mol. The minimum absolute atomic E-state index is 0.0458. The molecule has 0 bridgehead atoms. The smallest absolute Gasteiger partial charge is 0.259 e. The highest BCUT2D eigenvalue weighted by Crippen LogP contribution is 2.28. The second-order valence-corrected chi connectivity index (χ2v) is 6.72. The van der Waals surface area contributed by atoms with Gasteiger partial charge in [-0.25, -0.2) is 5.43 Å². The van der Waals surface area contributed by atoms with Crippen LogP contribution in [0.5, 0.6) is 5.75 Å². The fraction of sp³-hybridized carbons (Fsp3) is 0.381. The van der Waals surface area contributed by atoms with Crippen LogP contribution < -0.4 is 10.2 Å². The van der Waals surface area contributed by atoms with Gasteiger partial charge < -0.3 is 9.64 Å². The van der Waals surface area contributed by atoms with Crippen LogP contribution in [-0.4, -0.2) is 42.6 Å². The van der Waals surface area contributed by atoms with Crippen molar-refractivity contribution in [1.29, 1.82) is 0 Å². The normalized spacial score (nSPS) is 15.6. The van der Waals surface area contributed by atoms with E-state index in [-0.39, 0.29) is 18.4 Å². The van der Waals surface area contributed by atoms with Crippen LogP contribution in [0.2, 0.25) is 0 Å². The van der Waals surface area contributed by atoms with Gasteiger partial charge in [-0.05, 0) is 37.3 Å². The van der Waals surface area contributed by atoms with Gasteiger partial charge in [-0.3, -0.25) is 9.59 Å². The number of rotatable bonds is 5. The van der Waals surface area contributed by atoms with Crippen molar-refractivity contribution >= 4 is 28.3 Å². The fourth-order valence-corrected chi connectivity index (χ4v) is 3.39. The standard InChI is InChI=1S/C21H25N3O3/c1-15(16-11-12-19(27-2)18-9-6-5-8-17(16)18)22-23-20(25)14-24-13-7-3-4-10-21(24)26/h5-6,8-9,11-12H,3-4,7,10,13-14H2,1-2H3,(H,23,25)/b22-15-. The topological polar surface area (TPSA) is 71.0 Å². The number of nitrogens with zero attached hydrogens (tertiary/aromatic N) is 2. The Morgan fingerprint density at radius 3 is 2.70 bits per heavy atom. The summed E-state index contributed by atoms with van der Waals surface area (Å²) in [4.78, 5) is 25.9. The molecule has 0 spiro atoms. The molecule has 1 fully saturated rings. The molecule has 2 aromatic rings. The second-order valence-electron chi connectivity index (χ2n) is 6.72. The second kappa shape index (κ2) is 8.66. The Balaban J connectivity index is 1.73. The third-order valence-electron chi connectivity index (χ3n) is 4.85. The van der Waals surface area contributed by atoms with Crippen LogP contribution in [0.4, 0.5) is 0 Å². The molecule has 3 rings (SSSR count). The van der Waals surface area contributed by atoms with E-state index in [9.17, 15) is 9.59 Å². The van der Waals surface area contributed by atoms with E-state index in [4.69, 9.17) is 4.74 Å². The Kier molecular flexibility index (Phi) is 6.06. The number of ether oxygens (including phenoxy) is 1. The highest BCUT2D eigenvalue weighted by atomic mass is 16.5. The van der Waals surface area contributed by atoms with Crippen molar-refractivity contribution in [1.82, 2.24) is 10.3 Å². The lowest BCUT2D eigenvalue weighted by Crippen LogP contribution is -2.39. The first-order chi connectivity index (χ1) is 13.1. The summed E-state index contributed by atoms with van der Waals surface area (Å²) in [5.74, 6) is 0.567. The number of amides is 2. The van der Waals surface area contributed by atoms with Crippen molar-refractivity contribution < 1.29 is 14.3 Å². The fourth-order valence-electron chi connectivity index (χ4n) is 3.39. The van der Waals surface area contributed by atoms with E-state index in [1.807, 2.05) is 43.3 Å². The molecule has 1 N–H and O–H groups in total. The molecule has 2 amide bonds. The molecule has 1 saturated heterocycles. The van der Waals surface area contributed by atoms with Gasteiger partial charge in [0, 0.05) is 23.9 Å². The Morgan fingerprint density at radius 2 is 1.93 bits per heavy atom. The molecule has 27 heavy (non-hydrogen) atoms. The minimum atomic E-state index is -0.276. The molecule has 0 atom stereocenters. The summed E-state index contributed by atoms with van der Waals surface area (Å²) in [6, 6.07) is 11.8. The average Bonchev–Trinajstić information content (AvgIpc) is 2.89. The Morgan fingerprint density at radius 1 is 1.15 bits per heavy atom. The molecule has 0 saturated carbocycles. The maximum atomic E-state index is 12.2. The van der Waals surface area contributed by atoms with Gasteiger partial charge in [-0.2, -0.15) is 5.10 Å². The summed E-state index contributed by atoms with van der Waals surface area (Å²) in [5.41, 5.74) is 4.21. The van der Waals surface area contributed by atoms with Gasteiger partial charge >= 0.3 is 0 Å². The molecule has 1 aliphatic rings. The molecule has 2 aromatic carbocycles. The number of hydrazone groups is 1. The van der Waals surface area contributed by atoms with E-state index in [2.05, 4.69) is 10.5 Å². The van der Waals surface area contributed by atoms with Crippen molar-refractivity contribution in [3.63, 3.8) is 0 Å². The van der Waals surface area contributed by atoms with E-state index in [1.54, 1.807) is 12.0 Å². The maximum Gasteiger partial charge on any atom is 0.259 e. The molecule has 0 aromatic heterocycles. The molecule has 0 unspecified atom stereocenters.